The maximum absolute atomic E-state index is 8.47. The van der Waals surface area contributed by atoms with Crippen molar-refractivity contribution in [1.29, 1.82) is 5.26 Å². The molecule has 0 spiro atoms. The Hall–Kier alpha value is -1.16. The fourth-order valence-corrected chi connectivity index (χ4v) is 0.670. The molecule has 64 valence electrons. The summed E-state index contributed by atoms with van der Waals surface area (Å²) in [6, 6.07) is 1.75. The maximum atomic E-state index is 8.47. The fraction of sp³-hybridized carbons (Fsp3) is 0. The molecule has 5 nitrogen and oxygen atoms in total. The molecule has 0 amide bonds. The van der Waals surface area contributed by atoms with Crippen molar-refractivity contribution in [1.82, 2.24) is 0 Å². The van der Waals surface area contributed by atoms with E-state index in [1.807, 2.05) is 0 Å². The van der Waals surface area contributed by atoms with Crippen molar-refractivity contribution in [2.75, 3.05) is 0 Å². The first kappa shape index (κ1) is 10.8. The maximum Gasteiger partial charge on any atom is 0.164 e. The van der Waals surface area contributed by atoms with Crippen LogP contribution in [0.2, 0.25) is 0 Å². The van der Waals surface area contributed by atoms with Crippen LogP contribution in [0.5, 0.6) is 0 Å². The smallest absolute Gasteiger partial charge is 0.164 e. The predicted molar refractivity (Wildman–Crippen MR) is 47.1 cm³/mol. The monoisotopic (exact) mass is 231 g/mol. The van der Waals surface area contributed by atoms with Crippen molar-refractivity contribution >= 4 is 21.6 Å². The van der Waals surface area contributed by atoms with Gasteiger partial charge in [0.2, 0.25) is 0 Å². The number of hydroxylamine groups is 1. The Balaban J connectivity index is 4.64. The van der Waals surface area contributed by atoms with Crippen molar-refractivity contribution in [3.63, 3.8) is 0 Å². The van der Waals surface area contributed by atoms with Gasteiger partial charge in [0.1, 0.15) is 6.07 Å². The SMILES string of the molecule is C=C(N)C(C#N)=NC(Br)=C[NH2+]O. The lowest BCUT2D eigenvalue weighted by Gasteiger charge is -1.92. The van der Waals surface area contributed by atoms with Crippen LogP contribution < -0.4 is 11.2 Å². The molecule has 0 aliphatic rings. The minimum absolute atomic E-state index is 0.0139. The second kappa shape index (κ2) is 5.49. The summed E-state index contributed by atoms with van der Waals surface area (Å²) >= 11 is 2.98. The standard InChI is InChI=1S/C6H7BrN4O/c1-4(9)5(2-8)11-6(7)3-10-12/h3,10,12H,1,9H2/p+1. The molecule has 0 saturated carbocycles. The van der Waals surface area contributed by atoms with Crippen LogP contribution in [0.4, 0.5) is 0 Å². The number of rotatable bonds is 3. The molecule has 0 bridgehead atoms. The summed E-state index contributed by atoms with van der Waals surface area (Å²) in [5, 5.41) is 16.8. The van der Waals surface area contributed by atoms with E-state index in [1.165, 1.54) is 6.20 Å². The lowest BCUT2D eigenvalue weighted by Crippen LogP contribution is -2.73. The quantitative estimate of drug-likeness (QED) is 0.349. The first-order valence-corrected chi connectivity index (χ1v) is 3.68. The van der Waals surface area contributed by atoms with Gasteiger partial charge in [-0.15, -0.1) is 0 Å². The highest BCUT2D eigenvalue weighted by Gasteiger charge is 1.99. The van der Waals surface area contributed by atoms with E-state index >= 15 is 0 Å². The Morgan fingerprint density at radius 1 is 1.83 bits per heavy atom. The summed E-state index contributed by atoms with van der Waals surface area (Å²) in [6.07, 6.45) is 1.26. The van der Waals surface area contributed by atoms with Crippen molar-refractivity contribution in [3.8, 4) is 6.07 Å². The number of nitrogens with zero attached hydrogens (tertiary/aromatic N) is 2. The molecule has 0 aromatic heterocycles. The summed E-state index contributed by atoms with van der Waals surface area (Å²) in [4.78, 5) is 3.70. The van der Waals surface area contributed by atoms with Crippen LogP contribution in [0.15, 0.2) is 28.1 Å². The highest BCUT2D eigenvalue weighted by atomic mass is 79.9. The summed E-state index contributed by atoms with van der Waals surface area (Å²) in [5.41, 5.74) is 6.11. The number of hydrogen-bond donors (Lipinski definition) is 3. The number of allylic oxidation sites excluding steroid dienone is 1. The van der Waals surface area contributed by atoms with Gasteiger partial charge in [-0.3, -0.25) is 0 Å². The Kier molecular flexibility index (Phi) is 4.96. The van der Waals surface area contributed by atoms with Crippen LogP contribution in [-0.4, -0.2) is 10.9 Å². The molecule has 0 saturated heterocycles. The molecule has 12 heavy (non-hydrogen) atoms. The summed E-state index contributed by atoms with van der Waals surface area (Å²) in [7, 11) is 0. The largest absolute Gasteiger partial charge is 0.397 e. The van der Waals surface area contributed by atoms with E-state index in [0.717, 1.165) is 5.48 Å². The van der Waals surface area contributed by atoms with E-state index in [-0.39, 0.29) is 11.4 Å². The highest BCUT2D eigenvalue weighted by molar-refractivity contribution is 9.11. The zero-order valence-corrected chi connectivity index (χ0v) is 7.74. The van der Waals surface area contributed by atoms with Crippen LogP contribution in [0.3, 0.4) is 0 Å². The Morgan fingerprint density at radius 3 is 2.75 bits per heavy atom. The Labute approximate surface area is 78.0 Å². The van der Waals surface area contributed by atoms with Crippen LogP contribution >= 0.6 is 15.9 Å². The third-order valence-electron chi connectivity index (χ3n) is 0.841. The first-order valence-electron chi connectivity index (χ1n) is 2.88. The third kappa shape index (κ3) is 3.88. The molecule has 0 heterocycles. The minimum Gasteiger partial charge on any atom is -0.397 e. The van der Waals surface area contributed by atoms with Gasteiger partial charge in [0.05, 0.1) is 5.70 Å². The molecule has 0 aromatic carbocycles. The topological polar surface area (TPSA) is 99.0 Å². The van der Waals surface area contributed by atoms with E-state index in [0.29, 0.717) is 4.61 Å². The number of quaternary nitrogens is 1. The molecule has 0 rings (SSSR count). The molecule has 0 unspecified atom stereocenters. The van der Waals surface area contributed by atoms with Crippen LogP contribution in [0.25, 0.3) is 0 Å². The minimum atomic E-state index is 0.0139. The van der Waals surface area contributed by atoms with E-state index in [2.05, 4.69) is 27.5 Å². The second-order valence-corrected chi connectivity index (χ2v) is 2.55. The Morgan fingerprint density at radius 2 is 2.42 bits per heavy atom. The number of nitrogens with two attached hydrogens (primary N) is 2. The van der Waals surface area contributed by atoms with Crippen LogP contribution in [0.1, 0.15) is 0 Å². The zero-order valence-electron chi connectivity index (χ0n) is 6.16. The van der Waals surface area contributed by atoms with Crippen molar-refractivity contribution < 1.29 is 10.7 Å². The third-order valence-corrected chi connectivity index (χ3v) is 1.28. The summed E-state index contributed by atoms with van der Waals surface area (Å²) in [5.74, 6) is 0. The number of halogens is 1. The van der Waals surface area contributed by atoms with E-state index in [4.69, 9.17) is 16.2 Å². The number of nitriles is 1. The Bertz CT molecular complexity index is 276. The second-order valence-electron chi connectivity index (χ2n) is 1.74. The molecule has 0 fully saturated rings. The van der Waals surface area contributed by atoms with Gasteiger partial charge in [0.25, 0.3) is 0 Å². The molecular formula is C6H8BrN4O+. The molecule has 0 radical (unpaired) electrons. The van der Waals surface area contributed by atoms with Gasteiger partial charge in [-0.25, -0.2) is 10.2 Å². The predicted octanol–water partition coefficient (Wildman–Crippen LogP) is -0.430. The number of aliphatic imine (C=N–C) groups is 1. The van der Waals surface area contributed by atoms with Gasteiger partial charge in [-0.2, -0.15) is 10.7 Å². The van der Waals surface area contributed by atoms with Gasteiger partial charge in [0, 0.05) is 0 Å². The molecule has 0 aromatic rings. The molecule has 5 N–H and O–H groups in total. The van der Waals surface area contributed by atoms with Gasteiger partial charge in [-0.1, -0.05) is 6.58 Å². The van der Waals surface area contributed by atoms with Gasteiger partial charge in [0.15, 0.2) is 16.5 Å². The molecule has 0 aliphatic heterocycles. The zero-order chi connectivity index (χ0) is 9.56. The van der Waals surface area contributed by atoms with Gasteiger partial charge >= 0.3 is 0 Å². The lowest BCUT2D eigenvalue weighted by molar-refractivity contribution is -0.838. The average Bonchev–Trinajstić information content (AvgIpc) is 2.00. The van der Waals surface area contributed by atoms with Crippen molar-refractivity contribution in [3.05, 3.63) is 23.1 Å². The molecule has 0 aliphatic carbocycles. The normalized spacial score (nSPS) is 12.4. The fourth-order valence-electron chi connectivity index (χ4n) is 0.374. The van der Waals surface area contributed by atoms with Gasteiger partial charge in [-0.05, 0) is 15.9 Å². The van der Waals surface area contributed by atoms with Crippen LogP contribution in [0, 0.1) is 11.3 Å². The molecule has 0 atom stereocenters. The van der Waals surface area contributed by atoms with E-state index in [9.17, 15) is 0 Å². The van der Waals surface area contributed by atoms with E-state index in [1.54, 1.807) is 6.07 Å². The van der Waals surface area contributed by atoms with Crippen molar-refractivity contribution in [2.45, 2.75) is 0 Å². The summed E-state index contributed by atoms with van der Waals surface area (Å²) < 4.78 is 0.299. The molecular weight excluding hydrogens is 224 g/mol. The van der Waals surface area contributed by atoms with Gasteiger partial charge < -0.3 is 5.73 Å². The summed E-state index contributed by atoms with van der Waals surface area (Å²) in [6.45, 7) is 3.34. The number of hydrogen-bond acceptors (Lipinski definition) is 4. The van der Waals surface area contributed by atoms with E-state index < -0.39 is 0 Å². The lowest BCUT2D eigenvalue weighted by atomic mass is 10.3. The molecule has 6 heteroatoms. The first-order chi connectivity index (χ1) is 5.61. The van der Waals surface area contributed by atoms with Crippen molar-refractivity contribution in [2.24, 2.45) is 10.7 Å². The average molecular weight is 232 g/mol. The highest BCUT2D eigenvalue weighted by Crippen LogP contribution is 2.04. The van der Waals surface area contributed by atoms with Crippen LogP contribution in [-0.2, 0) is 0 Å².